The number of hydrogen-bond donors (Lipinski definition) is 1. The van der Waals surface area contributed by atoms with Crippen molar-refractivity contribution in [1.29, 1.82) is 0 Å². The number of benzene rings is 1. The van der Waals surface area contributed by atoms with Crippen molar-refractivity contribution in [3.05, 3.63) is 57.4 Å². The highest BCUT2D eigenvalue weighted by Gasteiger charge is 2.17. The van der Waals surface area contributed by atoms with Crippen molar-refractivity contribution in [3.8, 4) is 0 Å². The number of hydrogen-bond acceptors (Lipinski definition) is 2. The van der Waals surface area contributed by atoms with Crippen LogP contribution in [0.1, 0.15) is 33.3 Å². The third-order valence-corrected chi connectivity index (χ3v) is 4.51. The molecule has 0 saturated carbocycles. The first-order valence-electron chi connectivity index (χ1n) is 6.40. The van der Waals surface area contributed by atoms with Crippen LogP contribution in [0.3, 0.4) is 0 Å². The minimum absolute atomic E-state index is 0.118. The Balaban J connectivity index is 2.17. The Morgan fingerprint density at radius 3 is 2.84 bits per heavy atom. The van der Waals surface area contributed by atoms with E-state index in [1.807, 2.05) is 36.7 Å². The molecule has 3 rings (SSSR count). The number of rotatable bonds is 3. The Morgan fingerprint density at radius 2 is 2.16 bits per heavy atom. The summed E-state index contributed by atoms with van der Waals surface area (Å²) in [6.45, 7) is 4.11. The lowest BCUT2D eigenvalue weighted by Crippen LogP contribution is -1.99. The van der Waals surface area contributed by atoms with Crippen molar-refractivity contribution in [2.45, 2.75) is 20.3 Å². The first kappa shape index (κ1) is 12.2. The van der Waals surface area contributed by atoms with Gasteiger partial charge in [-0.1, -0.05) is 25.1 Å². The van der Waals surface area contributed by atoms with Gasteiger partial charge < -0.3 is 4.98 Å². The molecule has 0 aliphatic heterocycles. The average Bonchev–Trinajstić information content (AvgIpc) is 3.03. The lowest BCUT2D eigenvalue weighted by atomic mass is 10.0. The molecule has 0 atom stereocenters. The van der Waals surface area contributed by atoms with Crippen molar-refractivity contribution in [2.24, 2.45) is 0 Å². The van der Waals surface area contributed by atoms with E-state index in [0.717, 1.165) is 33.3 Å². The molecule has 0 spiro atoms. The van der Waals surface area contributed by atoms with Crippen molar-refractivity contribution < 1.29 is 4.79 Å². The predicted molar refractivity (Wildman–Crippen MR) is 80.2 cm³/mol. The number of para-hydroxylation sites is 1. The van der Waals surface area contributed by atoms with Crippen LogP contribution >= 0.6 is 11.3 Å². The maximum absolute atomic E-state index is 12.6. The van der Waals surface area contributed by atoms with Crippen LogP contribution in [0.2, 0.25) is 0 Å². The van der Waals surface area contributed by atoms with Gasteiger partial charge in [-0.3, -0.25) is 4.79 Å². The summed E-state index contributed by atoms with van der Waals surface area (Å²) in [5, 5.41) is 2.99. The third kappa shape index (κ3) is 1.90. The van der Waals surface area contributed by atoms with E-state index in [1.165, 1.54) is 16.9 Å². The Morgan fingerprint density at radius 1 is 1.32 bits per heavy atom. The van der Waals surface area contributed by atoms with Gasteiger partial charge in [0.1, 0.15) is 0 Å². The van der Waals surface area contributed by atoms with Gasteiger partial charge in [-0.2, -0.15) is 0 Å². The number of aryl methyl sites for hydroxylation is 2. The largest absolute Gasteiger partial charge is 0.360 e. The highest BCUT2D eigenvalue weighted by molar-refractivity contribution is 7.12. The molecule has 2 heterocycles. The average molecular weight is 269 g/mol. The van der Waals surface area contributed by atoms with Crippen LogP contribution in [0.4, 0.5) is 0 Å². The van der Waals surface area contributed by atoms with Gasteiger partial charge in [0.25, 0.3) is 0 Å². The number of carbonyl (C=O) groups excluding carboxylic acids is 1. The van der Waals surface area contributed by atoms with Crippen molar-refractivity contribution in [3.63, 3.8) is 0 Å². The highest BCUT2D eigenvalue weighted by atomic mass is 32.1. The van der Waals surface area contributed by atoms with E-state index < -0.39 is 0 Å². The SMILES string of the molecule is CCc1cccc2c(C(=O)c3sccc3C)c[nH]c12. The van der Waals surface area contributed by atoms with Gasteiger partial charge >= 0.3 is 0 Å². The second kappa shape index (κ2) is 4.67. The Labute approximate surface area is 116 Å². The zero-order chi connectivity index (χ0) is 13.4. The van der Waals surface area contributed by atoms with E-state index in [1.54, 1.807) is 0 Å². The zero-order valence-electron chi connectivity index (χ0n) is 11.0. The predicted octanol–water partition coefficient (Wildman–Crippen LogP) is 4.33. The lowest BCUT2D eigenvalue weighted by Gasteiger charge is -2.01. The molecule has 2 aromatic heterocycles. The molecule has 3 aromatic rings. The minimum Gasteiger partial charge on any atom is -0.360 e. The molecule has 0 fully saturated rings. The fourth-order valence-electron chi connectivity index (χ4n) is 2.43. The summed E-state index contributed by atoms with van der Waals surface area (Å²) >= 11 is 1.51. The fourth-order valence-corrected chi connectivity index (χ4v) is 3.31. The molecule has 2 nitrogen and oxygen atoms in total. The maximum Gasteiger partial charge on any atom is 0.205 e. The number of thiophene rings is 1. The number of aromatic nitrogens is 1. The Bertz CT molecular complexity index is 751. The fraction of sp³-hybridized carbons (Fsp3) is 0.188. The topological polar surface area (TPSA) is 32.9 Å². The molecule has 0 unspecified atom stereocenters. The van der Waals surface area contributed by atoms with Crippen LogP contribution in [-0.2, 0) is 6.42 Å². The molecule has 19 heavy (non-hydrogen) atoms. The summed E-state index contributed by atoms with van der Waals surface area (Å²) in [5.41, 5.74) is 4.16. The molecular formula is C16H15NOS. The molecule has 0 aliphatic rings. The summed E-state index contributed by atoms with van der Waals surface area (Å²) in [4.78, 5) is 16.7. The lowest BCUT2D eigenvalue weighted by molar-refractivity contribution is 0.104. The van der Waals surface area contributed by atoms with Crippen molar-refractivity contribution in [2.75, 3.05) is 0 Å². The van der Waals surface area contributed by atoms with E-state index >= 15 is 0 Å². The molecule has 0 amide bonds. The van der Waals surface area contributed by atoms with E-state index in [9.17, 15) is 4.79 Å². The standard InChI is InChI=1S/C16H15NOS/c1-3-11-5-4-6-12-13(9-17-14(11)12)15(18)16-10(2)7-8-19-16/h4-9,17H,3H2,1-2H3. The first-order valence-corrected chi connectivity index (χ1v) is 7.28. The van der Waals surface area contributed by atoms with Crippen LogP contribution in [0.25, 0.3) is 10.9 Å². The number of carbonyl (C=O) groups is 1. The van der Waals surface area contributed by atoms with Gasteiger partial charge in [0, 0.05) is 22.7 Å². The number of nitrogens with one attached hydrogen (secondary N) is 1. The van der Waals surface area contributed by atoms with E-state index in [-0.39, 0.29) is 5.78 Å². The second-order valence-corrected chi connectivity index (χ2v) is 5.57. The molecule has 0 aliphatic carbocycles. The van der Waals surface area contributed by atoms with Crippen LogP contribution < -0.4 is 0 Å². The number of H-pyrrole nitrogens is 1. The first-order chi connectivity index (χ1) is 9.22. The van der Waals surface area contributed by atoms with E-state index in [0.29, 0.717) is 0 Å². The molecule has 1 aromatic carbocycles. The molecule has 0 radical (unpaired) electrons. The van der Waals surface area contributed by atoms with Gasteiger partial charge in [-0.05, 0) is 35.9 Å². The second-order valence-electron chi connectivity index (χ2n) is 4.66. The Kier molecular flexibility index (Phi) is 2.99. The maximum atomic E-state index is 12.6. The number of fused-ring (bicyclic) bond motifs is 1. The monoisotopic (exact) mass is 269 g/mol. The van der Waals surface area contributed by atoms with Gasteiger partial charge in [-0.15, -0.1) is 11.3 Å². The van der Waals surface area contributed by atoms with Crippen molar-refractivity contribution in [1.82, 2.24) is 4.98 Å². The normalized spacial score (nSPS) is 11.1. The van der Waals surface area contributed by atoms with Gasteiger partial charge in [0.2, 0.25) is 5.78 Å². The minimum atomic E-state index is 0.118. The molecule has 3 heteroatoms. The summed E-state index contributed by atoms with van der Waals surface area (Å²) in [6.07, 6.45) is 2.80. The van der Waals surface area contributed by atoms with Crippen LogP contribution in [-0.4, -0.2) is 10.8 Å². The van der Waals surface area contributed by atoms with Crippen LogP contribution in [0.5, 0.6) is 0 Å². The Hall–Kier alpha value is -1.87. The summed E-state index contributed by atoms with van der Waals surface area (Å²) < 4.78 is 0. The van der Waals surface area contributed by atoms with Gasteiger partial charge in [0.05, 0.1) is 4.88 Å². The van der Waals surface area contributed by atoms with E-state index in [2.05, 4.69) is 18.0 Å². The molecule has 96 valence electrons. The summed E-state index contributed by atoms with van der Waals surface area (Å²) in [7, 11) is 0. The molecule has 0 saturated heterocycles. The number of aromatic amines is 1. The highest BCUT2D eigenvalue weighted by Crippen LogP contribution is 2.27. The quantitative estimate of drug-likeness (QED) is 0.705. The van der Waals surface area contributed by atoms with Crippen LogP contribution in [0, 0.1) is 6.92 Å². The van der Waals surface area contributed by atoms with Crippen molar-refractivity contribution >= 4 is 28.0 Å². The van der Waals surface area contributed by atoms with E-state index in [4.69, 9.17) is 0 Å². The number of ketones is 1. The molecular weight excluding hydrogens is 254 g/mol. The van der Waals surface area contributed by atoms with Crippen LogP contribution in [0.15, 0.2) is 35.8 Å². The zero-order valence-corrected chi connectivity index (χ0v) is 11.8. The smallest absolute Gasteiger partial charge is 0.205 e. The summed E-state index contributed by atoms with van der Waals surface area (Å²) in [5.74, 6) is 0.118. The summed E-state index contributed by atoms with van der Waals surface area (Å²) in [6, 6.07) is 8.13. The molecule has 0 bridgehead atoms. The molecule has 1 N–H and O–H groups in total. The van der Waals surface area contributed by atoms with Gasteiger partial charge in [-0.25, -0.2) is 0 Å². The third-order valence-electron chi connectivity index (χ3n) is 3.50. The van der Waals surface area contributed by atoms with Gasteiger partial charge in [0.15, 0.2) is 0 Å².